The predicted molar refractivity (Wildman–Crippen MR) is 133 cm³/mol. The summed E-state index contributed by atoms with van der Waals surface area (Å²) in [4.78, 5) is 35.1. The topological polar surface area (TPSA) is 130 Å². The van der Waals surface area contributed by atoms with Crippen molar-refractivity contribution in [2.45, 2.75) is 51.7 Å². The number of aliphatic carboxylic acids is 1. The van der Waals surface area contributed by atoms with Crippen molar-refractivity contribution in [3.8, 4) is 11.5 Å². The largest absolute Gasteiger partial charge is 0.508 e. The van der Waals surface area contributed by atoms with Crippen LogP contribution in [0.25, 0.3) is 0 Å². The minimum atomic E-state index is -1.26. The Balaban J connectivity index is 0.000000269. The number of phenols is 2. The van der Waals surface area contributed by atoms with Crippen molar-refractivity contribution in [1.82, 2.24) is 0 Å². The zero-order chi connectivity index (χ0) is 27.2. The number of carboxylic acid groups (broad SMARTS) is 1. The highest BCUT2D eigenvalue weighted by Gasteiger charge is 2.47. The van der Waals surface area contributed by atoms with Gasteiger partial charge in [0.25, 0.3) is 5.79 Å². The molecule has 2 aromatic carbocycles. The standard InChI is InChI=1S/C16H18O5.C12H14O3/c1-9(2)12(10-6-5-7-11(17)8-10)13-14(18)20-16(3,4)21-15(13)19;1-8(2)11(7-12(14)15)9-4-3-5-10(13)6-9/h5-8,12-13,17H,1H2,2-4H3;3-6,11,13H,1,7H2,2H3,(H,14,15). The number of rotatable bonds is 7. The Bertz CT molecular complexity index is 1140. The van der Waals surface area contributed by atoms with Crippen molar-refractivity contribution < 1.29 is 39.2 Å². The number of esters is 2. The van der Waals surface area contributed by atoms with E-state index in [1.807, 2.05) is 0 Å². The summed E-state index contributed by atoms with van der Waals surface area (Å²) in [5.41, 5.74) is 2.79. The first-order valence-corrected chi connectivity index (χ1v) is 11.3. The first-order valence-electron chi connectivity index (χ1n) is 11.3. The third-order valence-corrected chi connectivity index (χ3v) is 5.54. The van der Waals surface area contributed by atoms with Gasteiger partial charge in [-0.15, -0.1) is 0 Å². The molecule has 1 fully saturated rings. The Kier molecular flexibility index (Phi) is 9.06. The lowest BCUT2D eigenvalue weighted by Gasteiger charge is -2.36. The van der Waals surface area contributed by atoms with E-state index in [1.165, 1.54) is 26.0 Å². The number of aromatic hydroxyl groups is 2. The second-order valence-electron chi connectivity index (χ2n) is 9.23. The van der Waals surface area contributed by atoms with Gasteiger partial charge in [-0.2, -0.15) is 0 Å². The van der Waals surface area contributed by atoms with Gasteiger partial charge in [0.15, 0.2) is 5.92 Å². The molecule has 36 heavy (non-hydrogen) atoms. The minimum absolute atomic E-state index is 0.00120. The van der Waals surface area contributed by atoms with Crippen LogP contribution in [-0.2, 0) is 23.9 Å². The molecule has 8 nitrogen and oxygen atoms in total. The second kappa shape index (κ2) is 11.6. The SMILES string of the molecule is C=C(C)C(CC(=O)O)c1cccc(O)c1.C=C(C)C(c1cccc(O)c1)C1C(=O)OC(C)(C)OC1=O. The summed E-state index contributed by atoms with van der Waals surface area (Å²) >= 11 is 0. The van der Waals surface area contributed by atoms with Gasteiger partial charge in [-0.25, -0.2) is 0 Å². The molecule has 0 radical (unpaired) electrons. The Labute approximate surface area is 210 Å². The van der Waals surface area contributed by atoms with Gasteiger partial charge in [-0.05, 0) is 49.2 Å². The molecule has 1 heterocycles. The first kappa shape index (κ1) is 28.2. The van der Waals surface area contributed by atoms with Gasteiger partial charge in [0.2, 0.25) is 0 Å². The molecule has 1 aliphatic heterocycles. The number of ether oxygens (including phenoxy) is 2. The molecule has 0 bridgehead atoms. The molecule has 0 aromatic heterocycles. The van der Waals surface area contributed by atoms with Crippen LogP contribution < -0.4 is 0 Å². The molecule has 0 spiro atoms. The maximum absolute atomic E-state index is 12.2. The summed E-state index contributed by atoms with van der Waals surface area (Å²) in [5, 5.41) is 27.7. The highest BCUT2D eigenvalue weighted by molar-refractivity contribution is 5.98. The number of allylic oxidation sites excluding steroid dienone is 2. The molecule has 192 valence electrons. The monoisotopic (exact) mass is 496 g/mol. The summed E-state index contributed by atoms with van der Waals surface area (Å²) < 4.78 is 10.3. The minimum Gasteiger partial charge on any atom is -0.508 e. The van der Waals surface area contributed by atoms with Gasteiger partial charge in [0.1, 0.15) is 11.5 Å². The lowest BCUT2D eigenvalue weighted by Crippen LogP contribution is -2.48. The summed E-state index contributed by atoms with van der Waals surface area (Å²) in [7, 11) is 0. The molecular formula is C28H32O8. The van der Waals surface area contributed by atoms with E-state index in [0.29, 0.717) is 11.1 Å². The van der Waals surface area contributed by atoms with E-state index in [4.69, 9.17) is 14.6 Å². The molecular weight excluding hydrogens is 464 g/mol. The number of carbonyl (C=O) groups is 3. The fraction of sp³-hybridized carbons (Fsp3) is 0.321. The molecule has 1 saturated heterocycles. The van der Waals surface area contributed by atoms with Crippen LogP contribution in [0.3, 0.4) is 0 Å². The van der Waals surface area contributed by atoms with Crippen molar-refractivity contribution in [3.05, 3.63) is 84.0 Å². The number of hydrogen-bond acceptors (Lipinski definition) is 7. The lowest BCUT2D eigenvalue weighted by molar-refractivity contribution is -0.240. The van der Waals surface area contributed by atoms with E-state index in [9.17, 15) is 24.6 Å². The van der Waals surface area contributed by atoms with Gasteiger partial charge < -0.3 is 24.8 Å². The van der Waals surface area contributed by atoms with Crippen LogP contribution in [0.5, 0.6) is 11.5 Å². The van der Waals surface area contributed by atoms with E-state index in [1.54, 1.807) is 50.2 Å². The third-order valence-electron chi connectivity index (χ3n) is 5.54. The number of hydrogen-bond donors (Lipinski definition) is 3. The Morgan fingerprint density at radius 1 is 0.917 bits per heavy atom. The highest BCUT2D eigenvalue weighted by Crippen LogP contribution is 2.38. The van der Waals surface area contributed by atoms with Crippen molar-refractivity contribution in [1.29, 1.82) is 0 Å². The Morgan fingerprint density at radius 2 is 1.39 bits per heavy atom. The van der Waals surface area contributed by atoms with Gasteiger partial charge in [-0.3, -0.25) is 14.4 Å². The van der Waals surface area contributed by atoms with Crippen molar-refractivity contribution in [3.63, 3.8) is 0 Å². The fourth-order valence-electron chi connectivity index (χ4n) is 3.97. The number of phenolic OH excluding ortho intramolecular Hbond substituents is 2. The van der Waals surface area contributed by atoms with Crippen LogP contribution in [0, 0.1) is 5.92 Å². The van der Waals surface area contributed by atoms with Crippen LogP contribution in [-0.4, -0.2) is 39.0 Å². The number of cyclic esters (lactones) is 2. The quantitative estimate of drug-likeness (QED) is 0.276. The zero-order valence-corrected chi connectivity index (χ0v) is 20.9. The predicted octanol–water partition coefficient (Wildman–Crippen LogP) is 5.03. The molecule has 1 aliphatic rings. The number of benzene rings is 2. The Morgan fingerprint density at radius 3 is 1.81 bits per heavy atom. The van der Waals surface area contributed by atoms with Crippen molar-refractivity contribution in [2.75, 3.05) is 0 Å². The van der Waals surface area contributed by atoms with Crippen LogP contribution in [0.4, 0.5) is 0 Å². The van der Waals surface area contributed by atoms with Gasteiger partial charge in [0, 0.05) is 25.7 Å². The molecule has 2 unspecified atom stereocenters. The number of carboxylic acids is 1. The van der Waals surface area contributed by atoms with Gasteiger partial charge in [0.05, 0.1) is 6.42 Å². The molecule has 3 rings (SSSR count). The van der Waals surface area contributed by atoms with E-state index in [-0.39, 0.29) is 23.8 Å². The van der Waals surface area contributed by atoms with E-state index < -0.39 is 35.5 Å². The smallest absolute Gasteiger partial charge is 0.324 e. The van der Waals surface area contributed by atoms with Crippen LogP contribution in [0.1, 0.15) is 57.1 Å². The summed E-state index contributed by atoms with van der Waals surface area (Å²) in [6.45, 7) is 14.1. The highest BCUT2D eigenvalue weighted by atomic mass is 16.7. The summed E-state index contributed by atoms with van der Waals surface area (Å²) in [5.74, 6) is -5.18. The maximum Gasteiger partial charge on any atom is 0.324 e. The third kappa shape index (κ3) is 7.46. The second-order valence-corrected chi connectivity index (χ2v) is 9.23. The maximum atomic E-state index is 12.2. The lowest BCUT2D eigenvalue weighted by atomic mass is 9.81. The first-order chi connectivity index (χ1) is 16.7. The molecule has 0 amide bonds. The summed E-state index contributed by atoms with van der Waals surface area (Å²) in [6, 6.07) is 13.0. The van der Waals surface area contributed by atoms with E-state index in [0.717, 1.165) is 11.1 Å². The average Bonchev–Trinajstić information content (AvgIpc) is 2.73. The normalized spacial score (nSPS) is 16.4. The van der Waals surface area contributed by atoms with E-state index >= 15 is 0 Å². The molecule has 0 saturated carbocycles. The molecule has 2 atom stereocenters. The number of carbonyl (C=O) groups excluding carboxylic acids is 2. The van der Waals surface area contributed by atoms with Crippen LogP contribution in [0.15, 0.2) is 72.8 Å². The van der Waals surface area contributed by atoms with Crippen molar-refractivity contribution >= 4 is 17.9 Å². The summed E-state index contributed by atoms with van der Waals surface area (Å²) in [6.07, 6.45) is -0.00120. The fourth-order valence-corrected chi connectivity index (χ4v) is 3.97. The van der Waals surface area contributed by atoms with Gasteiger partial charge in [-0.1, -0.05) is 48.6 Å². The van der Waals surface area contributed by atoms with Crippen molar-refractivity contribution in [2.24, 2.45) is 5.92 Å². The van der Waals surface area contributed by atoms with E-state index in [2.05, 4.69) is 13.2 Å². The van der Waals surface area contributed by atoms with Crippen LogP contribution >= 0.6 is 0 Å². The molecule has 3 N–H and O–H groups in total. The molecule has 2 aromatic rings. The average molecular weight is 497 g/mol. The van der Waals surface area contributed by atoms with Gasteiger partial charge >= 0.3 is 17.9 Å². The zero-order valence-electron chi connectivity index (χ0n) is 20.9. The van der Waals surface area contributed by atoms with Crippen LogP contribution in [0.2, 0.25) is 0 Å². The Hall–Kier alpha value is -4.07. The molecule has 8 heteroatoms. The molecule has 0 aliphatic carbocycles.